The Balaban J connectivity index is 1.27. The first-order valence-corrected chi connectivity index (χ1v) is 12.1. The SMILES string of the molecule is Cc1cc(-c2cc(C(F)(F)F)c(N[C@H]3C[C@@H]4CN(CC5CCOCC5)C[C@@H]4C3)nn2)c(F)cc1F. The molecule has 5 nitrogen and oxygen atoms in total. The number of rotatable bonds is 5. The number of anilines is 1. The van der Waals surface area contributed by atoms with Crippen LogP contribution < -0.4 is 5.32 Å². The Hall–Kier alpha value is -2.33. The summed E-state index contributed by atoms with van der Waals surface area (Å²) in [5.74, 6) is -0.536. The van der Waals surface area contributed by atoms with Crippen LogP contribution in [0.5, 0.6) is 0 Å². The highest BCUT2D eigenvalue weighted by Crippen LogP contribution is 2.42. The Bertz CT molecular complexity index is 1060. The molecule has 2 aliphatic heterocycles. The Morgan fingerprint density at radius 3 is 2.34 bits per heavy atom. The molecule has 1 aromatic carbocycles. The summed E-state index contributed by atoms with van der Waals surface area (Å²) in [6, 6.07) is 2.46. The fraction of sp³-hybridized carbons (Fsp3) is 0.600. The zero-order valence-corrected chi connectivity index (χ0v) is 19.5. The van der Waals surface area contributed by atoms with Crippen LogP contribution >= 0.6 is 0 Å². The van der Waals surface area contributed by atoms with Gasteiger partial charge in [-0.15, -0.1) is 10.2 Å². The van der Waals surface area contributed by atoms with Gasteiger partial charge in [0.1, 0.15) is 17.2 Å². The molecule has 3 atom stereocenters. The molecule has 5 rings (SSSR count). The summed E-state index contributed by atoms with van der Waals surface area (Å²) in [6.07, 6.45) is -0.963. The van der Waals surface area contributed by atoms with Crippen molar-refractivity contribution in [2.24, 2.45) is 17.8 Å². The average molecular weight is 497 g/mol. The second-order valence-corrected chi connectivity index (χ2v) is 10.2. The van der Waals surface area contributed by atoms with Crippen molar-refractivity contribution in [3.63, 3.8) is 0 Å². The van der Waals surface area contributed by atoms with Crippen molar-refractivity contribution in [1.82, 2.24) is 15.1 Å². The van der Waals surface area contributed by atoms with Crippen LogP contribution in [-0.4, -0.2) is 54.0 Å². The van der Waals surface area contributed by atoms with Gasteiger partial charge in [-0.2, -0.15) is 13.2 Å². The maximum atomic E-state index is 14.3. The summed E-state index contributed by atoms with van der Waals surface area (Å²) < 4.78 is 75.0. The van der Waals surface area contributed by atoms with Crippen molar-refractivity contribution in [3.05, 3.63) is 41.0 Å². The van der Waals surface area contributed by atoms with Gasteiger partial charge in [-0.25, -0.2) is 8.78 Å². The molecule has 1 N–H and O–H groups in total. The zero-order valence-electron chi connectivity index (χ0n) is 19.5. The molecule has 35 heavy (non-hydrogen) atoms. The first-order chi connectivity index (χ1) is 16.7. The number of halogens is 5. The minimum absolute atomic E-state index is 0.113. The Labute approximate surface area is 201 Å². The smallest absolute Gasteiger partial charge is 0.381 e. The van der Waals surface area contributed by atoms with Gasteiger partial charge < -0.3 is 15.0 Å². The number of nitrogens with one attached hydrogen (secondary N) is 1. The summed E-state index contributed by atoms with van der Waals surface area (Å²) in [5.41, 5.74) is -1.38. The normalized spacial score (nSPS) is 25.7. The van der Waals surface area contributed by atoms with Crippen molar-refractivity contribution in [2.45, 2.75) is 44.8 Å². The molecule has 0 bridgehead atoms. The van der Waals surface area contributed by atoms with Crippen molar-refractivity contribution in [3.8, 4) is 11.3 Å². The molecule has 10 heteroatoms. The Kier molecular flexibility index (Phi) is 6.69. The van der Waals surface area contributed by atoms with E-state index in [1.165, 1.54) is 6.92 Å². The highest BCUT2D eigenvalue weighted by Gasteiger charge is 2.43. The van der Waals surface area contributed by atoms with Gasteiger partial charge >= 0.3 is 6.18 Å². The van der Waals surface area contributed by atoms with Crippen molar-refractivity contribution in [1.29, 1.82) is 0 Å². The van der Waals surface area contributed by atoms with Crippen LogP contribution in [0.15, 0.2) is 18.2 Å². The minimum atomic E-state index is -4.70. The van der Waals surface area contributed by atoms with Crippen LogP contribution in [-0.2, 0) is 10.9 Å². The van der Waals surface area contributed by atoms with E-state index >= 15 is 0 Å². The number of fused-ring (bicyclic) bond motifs is 1. The van der Waals surface area contributed by atoms with Crippen LogP contribution in [0.1, 0.15) is 36.8 Å². The lowest BCUT2D eigenvalue weighted by atomic mass is 10.00. The average Bonchev–Trinajstić information content (AvgIpc) is 3.34. The van der Waals surface area contributed by atoms with Gasteiger partial charge in [0.2, 0.25) is 0 Å². The van der Waals surface area contributed by atoms with Gasteiger partial charge in [-0.1, -0.05) is 0 Å². The van der Waals surface area contributed by atoms with Crippen LogP contribution in [0.2, 0.25) is 0 Å². The number of hydrogen-bond donors (Lipinski definition) is 1. The molecule has 190 valence electrons. The summed E-state index contributed by atoms with van der Waals surface area (Å²) in [7, 11) is 0. The van der Waals surface area contributed by atoms with Crippen molar-refractivity contribution < 1.29 is 26.7 Å². The molecule has 1 aromatic heterocycles. The molecule has 0 radical (unpaired) electrons. The third kappa shape index (κ3) is 5.28. The summed E-state index contributed by atoms with van der Waals surface area (Å²) in [4.78, 5) is 2.50. The van der Waals surface area contributed by atoms with Crippen LogP contribution in [0.4, 0.5) is 27.8 Å². The molecule has 3 fully saturated rings. The largest absolute Gasteiger partial charge is 0.420 e. The summed E-state index contributed by atoms with van der Waals surface area (Å²) in [6.45, 7) is 6.07. The molecule has 0 unspecified atom stereocenters. The lowest BCUT2D eigenvalue weighted by Gasteiger charge is -2.28. The molecular formula is C25H29F5N4O. The first kappa shape index (κ1) is 24.4. The number of likely N-dealkylation sites (tertiary alicyclic amines) is 1. The van der Waals surface area contributed by atoms with E-state index in [0.29, 0.717) is 23.8 Å². The van der Waals surface area contributed by atoms with Gasteiger partial charge in [0, 0.05) is 50.5 Å². The van der Waals surface area contributed by atoms with Gasteiger partial charge in [-0.3, -0.25) is 0 Å². The molecule has 3 aliphatic rings. The molecule has 2 saturated heterocycles. The van der Waals surface area contributed by atoms with Crippen LogP contribution in [0, 0.1) is 36.3 Å². The summed E-state index contributed by atoms with van der Waals surface area (Å²) >= 11 is 0. The predicted octanol–water partition coefficient (Wildman–Crippen LogP) is 5.30. The van der Waals surface area contributed by atoms with E-state index in [1.807, 2.05) is 0 Å². The third-order valence-electron chi connectivity index (χ3n) is 7.65. The fourth-order valence-electron chi connectivity index (χ4n) is 5.85. The van der Waals surface area contributed by atoms with E-state index < -0.39 is 23.4 Å². The first-order valence-electron chi connectivity index (χ1n) is 12.1. The fourth-order valence-corrected chi connectivity index (χ4v) is 5.85. The number of aryl methyl sites for hydroxylation is 1. The van der Waals surface area contributed by atoms with Crippen molar-refractivity contribution >= 4 is 5.82 Å². The Morgan fingerprint density at radius 2 is 1.69 bits per heavy atom. The second kappa shape index (κ2) is 9.61. The maximum absolute atomic E-state index is 14.3. The van der Waals surface area contributed by atoms with E-state index in [2.05, 4.69) is 20.4 Å². The van der Waals surface area contributed by atoms with Gasteiger partial charge in [0.15, 0.2) is 5.82 Å². The summed E-state index contributed by atoms with van der Waals surface area (Å²) in [5, 5.41) is 10.6. The molecule has 0 amide bonds. The molecule has 2 aromatic rings. The predicted molar refractivity (Wildman–Crippen MR) is 121 cm³/mol. The van der Waals surface area contributed by atoms with Crippen LogP contribution in [0.25, 0.3) is 11.3 Å². The van der Waals surface area contributed by atoms with E-state index in [0.717, 1.165) is 70.7 Å². The molecule has 1 aliphatic carbocycles. The highest BCUT2D eigenvalue weighted by atomic mass is 19.4. The number of aromatic nitrogens is 2. The quantitative estimate of drug-likeness (QED) is 0.570. The second-order valence-electron chi connectivity index (χ2n) is 10.2. The van der Waals surface area contributed by atoms with Crippen LogP contribution in [0.3, 0.4) is 0 Å². The van der Waals surface area contributed by atoms with Gasteiger partial charge in [-0.05, 0) is 68.1 Å². The van der Waals surface area contributed by atoms with E-state index in [-0.39, 0.29) is 28.7 Å². The molecular weight excluding hydrogens is 467 g/mol. The number of hydrogen-bond acceptors (Lipinski definition) is 5. The molecule has 1 saturated carbocycles. The number of ether oxygens (including phenoxy) is 1. The lowest BCUT2D eigenvalue weighted by molar-refractivity contribution is -0.137. The third-order valence-corrected chi connectivity index (χ3v) is 7.65. The van der Waals surface area contributed by atoms with E-state index in [4.69, 9.17) is 4.74 Å². The van der Waals surface area contributed by atoms with Gasteiger partial charge in [0.05, 0.1) is 5.69 Å². The van der Waals surface area contributed by atoms with Gasteiger partial charge in [0.25, 0.3) is 0 Å². The Morgan fingerprint density at radius 1 is 1.00 bits per heavy atom. The van der Waals surface area contributed by atoms with E-state index in [9.17, 15) is 22.0 Å². The standard InChI is InChI=1S/C25H29F5N4O/c1-14-6-19(22(27)10-21(14)26)23-9-20(25(28,29)30)24(33-32-23)31-18-7-16-12-34(13-17(16)8-18)11-15-2-4-35-5-3-15/h6,9-10,15-18H,2-5,7-8,11-13H2,1H3,(H,31,33)/t16-,17+,18+. The monoisotopic (exact) mass is 496 g/mol. The van der Waals surface area contributed by atoms with E-state index in [1.54, 1.807) is 0 Å². The molecule has 3 heterocycles. The minimum Gasteiger partial charge on any atom is -0.381 e. The lowest BCUT2D eigenvalue weighted by Crippen LogP contribution is -2.32. The topological polar surface area (TPSA) is 50.3 Å². The number of alkyl halides is 3. The highest BCUT2D eigenvalue weighted by molar-refractivity contribution is 5.64. The number of benzene rings is 1. The van der Waals surface area contributed by atoms with Crippen molar-refractivity contribution in [2.75, 3.05) is 38.2 Å². The maximum Gasteiger partial charge on any atom is 0.420 e. The zero-order chi connectivity index (χ0) is 24.7. The molecule has 0 spiro atoms. The number of nitrogens with zero attached hydrogens (tertiary/aromatic N) is 3.